The Morgan fingerprint density at radius 3 is 2.31 bits per heavy atom. The Kier molecular flexibility index (Phi) is 4.33. The van der Waals surface area contributed by atoms with Crippen LogP contribution in [-0.4, -0.2) is 35.0 Å². The van der Waals surface area contributed by atoms with Crippen molar-refractivity contribution in [1.82, 2.24) is 4.90 Å². The van der Waals surface area contributed by atoms with Crippen molar-refractivity contribution in [2.45, 2.75) is 45.6 Å². The van der Waals surface area contributed by atoms with E-state index in [2.05, 4.69) is 0 Å². The highest BCUT2D eigenvalue weighted by molar-refractivity contribution is 5.80. The first-order valence-electron chi connectivity index (χ1n) is 5.93. The second-order valence-electron chi connectivity index (χ2n) is 4.94. The minimum atomic E-state index is -0.760. The molecule has 1 N–H and O–H groups in total. The van der Waals surface area contributed by atoms with Gasteiger partial charge in [0.15, 0.2) is 0 Å². The number of carbonyl (C=O) groups excluding carboxylic acids is 1. The van der Waals surface area contributed by atoms with Gasteiger partial charge in [0.2, 0.25) is 5.91 Å². The second-order valence-corrected chi connectivity index (χ2v) is 4.94. The van der Waals surface area contributed by atoms with Gasteiger partial charge in [-0.05, 0) is 33.1 Å². The minimum absolute atomic E-state index is 0.0951. The summed E-state index contributed by atoms with van der Waals surface area (Å²) in [6.45, 7) is 3.94. The van der Waals surface area contributed by atoms with E-state index >= 15 is 0 Å². The maximum Gasteiger partial charge on any atom is 0.306 e. The summed E-state index contributed by atoms with van der Waals surface area (Å²) in [6, 6.07) is 0.178. The fourth-order valence-corrected chi connectivity index (χ4v) is 2.18. The third-order valence-corrected chi connectivity index (χ3v) is 3.49. The highest BCUT2D eigenvalue weighted by Crippen LogP contribution is 2.30. The smallest absolute Gasteiger partial charge is 0.306 e. The number of nitrogens with zero attached hydrogens (tertiary/aromatic N) is 1. The molecule has 0 aromatic heterocycles. The standard InChI is InChI=1S/C12H21NO3/c1-8(2)13(3)11(14)9-5-4-6-10(7-9)12(15)16/h8-10H,4-7H2,1-3H3,(H,15,16). The van der Waals surface area contributed by atoms with Crippen molar-refractivity contribution in [3.05, 3.63) is 0 Å². The van der Waals surface area contributed by atoms with E-state index in [0.717, 1.165) is 12.8 Å². The van der Waals surface area contributed by atoms with Crippen LogP contribution in [0.1, 0.15) is 39.5 Å². The van der Waals surface area contributed by atoms with Crippen LogP contribution in [0.4, 0.5) is 0 Å². The number of rotatable bonds is 3. The number of hydrogen-bond donors (Lipinski definition) is 1. The summed E-state index contributed by atoms with van der Waals surface area (Å²) in [5, 5.41) is 8.96. The Labute approximate surface area is 96.6 Å². The molecule has 16 heavy (non-hydrogen) atoms. The summed E-state index contributed by atoms with van der Waals surface area (Å²) in [7, 11) is 1.79. The number of carbonyl (C=O) groups is 2. The Balaban J connectivity index is 2.60. The van der Waals surface area contributed by atoms with Gasteiger partial charge in [0.05, 0.1) is 5.92 Å². The van der Waals surface area contributed by atoms with E-state index < -0.39 is 5.97 Å². The van der Waals surface area contributed by atoms with Gasteiger partial charge in [-0.3, -0.25) is 9.59 Å². The molecular weight excluding hydrogens is 206 g/mol. The predicted octanol–water partition coefficient (Wildman–Crippen LogP) is 1.74. The number of amides is 1. The van der Waals surface area contributed by atoms with Gasteiger partial charge in [-0.15, -0.1) is 0 Å². The van der Waals surface area contributed by atoms with Crippen molar-refractivity contribution < 1.29 is 14.7 Å². The summed E-state index contributed by atoms with van der Waals surface area (Å²) < 4.78 is 0. The zero-order valence-electron chi connectivity index (χ0n) is 10.3. The summed E-state index contributed by atoms with van der Waals surface area (Å²) in [4.78, 5) is 24.7. The van der Waals surface area contributed by atoms with E-state index in [-0.39, 0.29) is 23.8 Å². The normalized spacial score (nSPS) is 25.5. The first-order valence-corrected chi connectivity index (χ1v) is 5.93. The van der Waals surface area contributed by atoms with Gasteiger partial charge >= 0.3 is 5.97 Å². The number of carboxylic acids is 1. The molecule has 0 spiro atoms. The van der Waals surface area contributed by atoms with Crippen molar-refractivity contribution in [3.63, 3.8) is 0 Å². The molecule has 4 heteroatoms. The maximum atomic E-state index is 12.0. The molecule has 1 fully saturated rings. The van der Waals surface area contributed by atoms with Gasteiger partial charge in [0.1, 0.15) is 0 Å². The maximum absolute atomic E-state index is 12.0. The van der Waals surface area contributed by atoms with E-state index in [9.17, 15) is 9.59 Å². The Morgan fingerprint density at radius 2 is 1.81 bits per heavy atom. The topological polar surface area (TPSA) is 57.6 Å². The quantitative estimate of drug-likeness (QED) is 0.799. The van der Waals surface area contributed by atoms with Crippen LogP contribution in [0.2, 0.25) is 0 Å². The van der Waals surface area contributed by atoms with Gasteiger partial charge in [0.25, 0.3) is 0 Å². The second kappa shape index (κ2) is 5.32. The SMILES string of the molecule is CC(C)N(C)C(=O)C1CCCC(C(=O)O)C1. The zero-order valence-corrected chi connectivity index (χ0v) is 10.3. The lowest BCUT2D eigenvalue weighted by Crippen LogP contribution is -2.40. The first-order chi connectivity index (χ1) is 7.43. The Bertz CT molecular complexity index is 275. The monoisotopic (exact) mass is 227 g/mol. The molecule has 0 radical (unpaired) electrons. The van der Waals surface area contributed by atoms with E-state index in [1.807, 2.05) is 13.8 Å². The lowest BCUT2D eigenvalue weighted by Gasteiger charge is -2.31. The first kappa shape index (κ1) is 13.0. The molecule has 0 saturated heterocycles. The largest absolute Gasteiger partial charge is 0.481 e. The molecule has 2 atom stereocenters. The molecule has 1 aliphatic rings. The third kappa shape index (κ3) is 2.97. The van der Waals surface area contributed by atoms with Crippen LogP contribution in [0.3, 0.4) is 0 Å². The minimum Gasteiger partial charge on any atom is -0.481 e. The van der Waals surface area contributed by atoms with Gasteiger partial charge in [-0.1, -0.05) is 6.42 Å². The van der Waals surface area contributed by atoms with Crippen LogP contribution in [0, 0.1) is 11.8 Å². The lowest BCUT2D eigenvalue weighted by atomic mass is 9.80. The van der Waals surface area contributed by atoms with Crippen molar-refractivity contribution in [2.75, 3.05) is 7.05 Å². The predicted molar refractivity (Wildman–Crippen MR) is 61.0 cm³/mol. The van der Waals surface area contributed by atoms with Gasteiger partial charge < -0.3 is 10.0 Å². The van der Waals surface area contributed by atoms with E-state index in [1.54, 1.807) is 11.9 Å². The van der Waals surface area contributed by atoms with E-state index in [0.29, 0.717) is 12.8 Å². The molecule has 92 valence electrons. The molecule has 1 amide bonds. The molecule has 1 aliphatic carbocycles. The van der Waals surface area contributed by atoms with Gasteiger partial charge in [0, 0.05) is 19.0 Å². The zero-order chi connectivity index (χ0) is 12.3. The fraction of sp³-hybridized carbons (Fsp3) is 0.833. The molecule has 0 aromatic rings. The third-order valence-electron chi connectivity index (χ3n) is 3.49. The highest BCUT2D eigenvalue weighted by Gasteiger charge is 2.32. The summed E-state index contributed by atoms with van der Waals surface area (Å²) >= 11 is 0. The molecule has 0 bridgehead atoms. The highest BCUT2D eigenvalue weighted by atomic mass is 16.4. The number of aliphatic carboxylic acids is 1. The Hall–Kier alpha value is -1.06. The lowest BCUT2D eigenvalue weighted by molar-refractivity contribution is -0.145. The summed E-state index contributed by atoms with van der Waals surface area (Å²) in [6.07, 6.45) is 2.90. The molecule has 4 nitrogen and oxygen atoms in total. The Morgan fingerprint density at radius 1 is 1.25 bits per heavy atom. The van der Waals surface area contributed by atoms with Crippen molar-refractivity contribution >= 4 is 11.9 Å². The van der Waals surface area contributed by atoms with Crippen molar-refractivity contribution in [1.29, 1.82) is 0 Å². The van der Waals surface area contributed by atoms with Crippen LogP contribution >= 0.6 is 0 Å². The number of carboxylic acid groups (broad SMARTS) is 1. The average Bonchev–Trinajstić information content (AvgIpc) is 2.27. The van der Waals surface area contributed by atoms with Crippen LogP contribution in [-0.2, 0) is 9.59 Å². The molecule has 1 rings (SSSR count). The molecule has 1 saturated carbocycles. The van der Waals surface area contributed by atoms with E-state index in [4.69, 9.17) is 5.11 Å². The fourth-order valence-electron chi connectivity index (χ4n) is 2.18. The van der Waals surface area contributed by atoms with Gasteiger partial charge in [-0.2, -0.15) is 0 Å². The summed E-state index contributed by atoms with van der Waals surface area (Å²) in [5.41, 5.74) is 0. The van der Waals surface area contributed by atoms with Crippen LogP contribution < -0.4 is 0 Å². The molecule has 0 aliphatic heterocycles. The van der Waals surface area contributed by atoms with Crippen LogP contribution in [0.5, 0.6) is 0 Å². The molecule has 2 unspecified atom stereocenters. The van der Waals surface area contributed by atoms with Crippen LogP contribution in [0.15, 0.2) is 0 Å². The number of hydrogen-bond acceptors (Lipinski definition) is 2. The molecule has 0 heterocycles. The van der Waals surface area contributed by atoms with Crippen molar-refractivity contribution in [3.8, 4) is 0 Å². The summed E-state index contributed by atoms with van der Waals surface area (Å²) in [5.74, 6) is -1.09. The van der Waals surface area contributed by atoms with Gasteiger partial charge in [-0.25, -0.2) is 0 Å². The molecule has 0 aromatic carbocycles. The van der Waals surface area contributed by atoms with E-state index in [1.165, 1.54) is 0 Å². The average molecular weight is 227 g/mol. The molecular formula is C12H21NO3. The van der Waals surface area contributed by atoms with Crippen LogP contribution in [0.25, 0.3) is 0 Å². The van der Waals surface area contributed by atoms with Crippen molar-refractivity contribution in [2.24, 2.45) is 11.8 Å².